The predicted molar refractivity (Wildman–Crippen MR) is 83.0 cm³/mol. The topological polar surface area (TPSA) is 55.1 Å². The fourth-order valence-electron chi connectivity index (χ4n) is 2.54. The van der Waals surface area contributed by atoms with Crippen LogP contribution in [0.25, 0.3) is 0 Å². The van der Waals surface area contributed by atoms with Gasteiger partial charge in [0.1, 0.15) is 5.54 Å². The number of nitrogens with one attached hydrogen (secondary N) is 1. The highest BCUT2D eigenvalue weighted by molar-refractivity contribution is 7.99. The van der Waals surface area contributed by atoms with Crippen LogP contribution in [0.3, 0.4) is 0 Å². The normalized spacial score (nSPS) is 21.4. The van der Waals surface area contributed by atoms with E-state index in [4.69, 9.17) is 17.3 Å². The summed E-state index contributed by atoms with van der Waals surface area (Å²) in [7, 11) is 0. The molecule has 0 aromatic heterocycles. The summed E-state index contributed by atoms with van der Waals surface area (Å²) in [5.41, 5.74) is 5.18. The van der Waals surface area contributed by atoms with Gasteiger partial charge in [-0.2, -0.15) is 0 Å². The van der Waals surface area contributed by atoms with Crippen molar-refractivity contribution in [1.29, 1.82) is 0 Å². The third-order valence-electron chi connectivity index (χ3n) is 4.04. The van der Waals surface area contributed by atoms with Crippen LogP contribution in [0, 0.1) is 5.92 Å². The zero-order chi connectivity index (χ0) is 14.2. The number of carbonyl (C=O) groups excluding carboxylic acids is 1. The van der Waals surface area contributed by atoms with Crippen molar-refractivity contribution in [2.45, 2.75) is 42.2 Å². The van der Waals surface area contributed by atoms with Gasteiger partial charge in [-0.15, -0.1) is 11.8 Å². The van der Waals surface area contributed by atoms with Crippen LogP contribution in [-0.2, 0) is 4.79 Å². The first-order chi connectivity index (χ1) is 9.62. The Morgan fingerprint density at radius 2 is 2.05 bits per heavy atom. The number of carbonyl (C=O) groups is 1. The van der Waals surface area contributed by atoms with Crippen LogP contribution in [0.1, 0.15) is 25.7 Å². The molecule has 108 valence electrons. The van der Waals surface area contributed by atoms with E-state index in [1.165, 1.54) is 0 Å². The maximum absolute atomic E-state index is 12.1. The van der Waals surface area contributed by atoms with Gasteiger partial charge in [-0.25, -0.2) is 0 Å². The van der Waals surface area contributed by atoms with Crippen molar-refractivity contribution in [2.75, 3.05) is 5.75 Å². The number of amides is 1. The first-order valence-corrected chi connectivity index (χ1v) is 8.43. The minimum Gasteiger partial charge on any atom is -0.368 e. The molecule has 1 atom stereocenters. The van der Waals surface area contributed by atoms with Crippen molar-refractivity contribution in [3.8, 4) is 0 Å². The Bertz CT molecular complexity index is 516. The molecule has 0 aliphatic heterocycles. The highest BCUT2D eigenvalue weighted by Crippen LogP contribution is 2.44. The maximum Gasteiger partial charge on any atom is 0.238 e. The second kappa shape index (κ2) is 5.58. The molecule has 0 heterocycles. The number of nitrogens with two attached hydrogens (primary N) is 1. The van der Waals surface area contributed by atoms with Crippen molar-refractivity contribution in [1.82, 2.24) is 5.32 Å². The highest BCUT2D eigenvalue weighted by Gasteiger charge is 2.51. The first-order valence-electron chi connectivity index (χ1n) is 7.07. The fraction of sp³-hybridized carbons (Fsp3) is 0.533. The predicted octanol–water partition coefficient (Wildman–Crippen LogP) is 2.82. The molecule has 2 aliphatic carbocycles. The fourth-order valence-corrected chi connectivity index (χ4v) is 4.07. The van der Waals surface area contributed by atoms with Crippen molar-refractivity contribution >= 4 is 29.3 Å². The van der Waals surface area contributed by atoms with Gasteiger partial charge >= 0.3 is 0 Å². The Morgan fingerprint density at radius 3 is 2.60 bits per heavy atom. The molecular formula is C15H19ClN2OS. The monoisotopic (exact) mass is 310 g/mol. The molecule has 0 bridgehead atoms. The number of halogens is 1. The minimum atomic E-state index is -0.564. The van der Waals surface area contributed by atoms with E-state index in [9.17, 15) is 4.79 Å². The van der Waals surface area contributed by atoms with Crippen LogP contribution < -0.4 is 11.1 Å². The second-order valence-corrected chi connectivity index (χ2v) is 7.17. The molecule has 0 saturated heterocycles. The van der Waals surface area contributed by atoms with Gasteiger partial charge in [0.2, 0.25) is 5.91 Å². The van der Waals surface area contributed by atoms with Crippen LogP contribution in [0.4, 0.5) is 0 Å². The Morgan fingerprint density at radius 1 is 1.35 bits per heavy atom. The number of hydrogen-bond acceptors (Lipinski definition) is 3. The average molecular weight is 311 g/mol. The summed E-state index contributed by atoms with van der Waals surface area (Å²) in [6.45, 7) is 0. The second-order valence-electron chi connectivity index (χ2n) is 5.75. The Balaban J connectivity index is 1.75. The van der Waals surface area contributed by atoms with Gasteiger partial charge in [-0.3, -0.25) is 10.1 Å². The van der Waals surface area contributed by atoms with Gasteiger partial charge in [-0.05, 0) is 43.7 Å². The van der Waals surface area contributed by atoms with E-state index in [0.29, 0.717) is 17.7 Å². The largest absolute Gasteiger partial charge is 0.368 e. The number of benzene rings is 1. The molecule has 2 saturated carbocycles. The van der Waals surface area contributed by atoms with E-state index in [1.807, 2.05) is 24.3 Å². The van der Waals surface area contributed by atoms with E-state index in [-0.39, 0.29) is 5.91 Å². The molecule has 3 N–H and O–H groups in total. The molecule has 0 radical (unpaired) electrons. The molecule has 1 amide bonds. The van der Waals surface area contributed by atoms with E-state index < -0.39 is 5.54 Å². The molecule has 2 fully saturated rings. The molecule has 3 rings (SSSR count). The number of primary amides is 1. The molecule has 1 aromatic rings. The summed E-state index contributed by atoms with van der Waals surface area (Å²) in [6, 6.07) is 8.21. The zero-order valence-corrected chi connectivity index (χ0v) is 12.8. The lowest BCUT2D eigenvalue weighted by atomic mass is 9.94. The van der Waals surface area contributed by atoms with Crippen molar-refractivity contribution in [2.24, 2.45) is 11.7 Å². The summed E-state index contributed by atoms with van der Waals surface area (Å²) >= 11 is 7.81. The molecule has 20 heavy (non-hydrogen) atoms. The van der Waals surface area contributed by atoms with E-state index in [2.05, 4.69) is 5.32 Å². The SMILES string of the molecule is NC(=O)C(CSc1ccccc1Cl)(NC1CC1)C1CC1. The number of hydrogen-bond donors (Lipinski definition) is 2. The Hall–Kier alpha value is -0.710. The Labute approximate surface area is 128 Å². The number of thioether (sulfide) groups is 1. The molecule has 0 spiro atoms. The smallest absolute Gasteiger partial charge is 0.238 e. The molecule has 1 aromatic carbocycles. The van der Waals surface area contributed by atoms with Crippen LogP contribution in [0.5, 0.6) is 0 Å². The van der Waals surface area contributed by atoms with Crippen LogP contribution in [-0.4, -0.2) is 23.2 Å². The third-order valence-corrected chi connectivity index (χ3v) is 5.75. The molecule has 3 nitrogen and oxygen atoms in total. The van der Waals surface area contributed by atoms with Gasteiger partial charge in [0.05, 0.1) is 5.02 Å². The summed E-state index contributed by atoms with van der Waals surface area (Å²) in [6.07, 6.45) is 4.48. The summed E-state index contributed by atoms with van der Waals surface area (Å²) in [4.78, 5) is 13.1. The van der Waals surface area contributed by atoms with Crippen LogP contribution in [0.15, 0.2) is 29.2 Å². The summed E-state index contributed by atoms with van der Waals surface area (Å²) < 4.78 is 0. The lowest BCUT2D eigenvalue weighted by Crippen LogP contribution is -2.60. The average Bonchev–Trinajstić information content (AvgIpc) is 3.27. The van der Waals surface area contributed by atoms with Gasteiger partial charge in [0.25, 0.3) is 0 Å². The standard InChI is InChI=1S/C15H19ClN2OS/c16-12-3-1-2-4-13(12)20-9-15(14(17)19,10-5-6-10)18-11-7-8-11/h1-4,10-11,18H,5-9H2,(H2,17,19). The highest BCUT2D eigenvalue weighted by atomic mass is 35.5. The maximum atomic E-state index is 12.1. The quantitative estimate of drug-likeness (QED) is 0.761. The first kappa shape index (κ1) is 14.2. The van der Waals surface area contributed by atoms with Gasteiger partial charge < -0.3 is 5.73 Å². The molecule has 5 heteroatoms. The lowest BCUT2D eigenvalue weighted by molar-refractivity contribution is -0.124. The molecular weight excluding hydrogens is 292 g/mol. The summed E-state index contributed by atoms with van der Waals surface area (Å²) in [5.74, 6) is 0.829. The lowest BCUT2D eigenvalue weighted by Gasteiger charge is -2.32. The molecule has 1 unspecified atom stereocenters. The van der Waals surface area contributed by atoms with Gasteiger partial charge in [0, 0.05) is 16.7 Å². The van der Waals surface area contributed by atoms with E-state index >= 15 is 0 Å². The van der Waals surface area contributed by atoms with Gasteiger partial charge in [0.15, 0.2) is 0 Å². The summed E-state index contributed by atoms with van der Waals surface area (Å²) in [5, 5.41) is 4.25. The third kappa shape index (κ3) is 2.97. The van der Waals surface area contributed by atoms with E-state index in [1.54, 1.807) is 11.8 Å². The molecule has 2 aliphatic rings. The minimum absolute atomic E-state index is 0.216. The van der Waals surface area contributed by atoms with Crippen molar-refractivity contribution in [3.63, 3.8) is 0 Å². The van der Waals surface area contributed by atoms with Crippen LogP contribution in [0.2, 0.25) is 5.02 Å². The van der Waals surface area contributed by atoms with Gasteiger partial charge in [-0.1, -0.05) is 23.7 Å². The van der Waals surface area contributed by atoms with Crippen molar-refractivity contribution < 1.29 is 4.79 Å². The zero-order valence-electron chi connectivity index (χ0n) is 11.3. The van der Waals surface area contributed by atoms with Crippen molar-refractivity contribution in [3.05, 3.63) is 29.3 Å². The van der Waals surface area contributed by atoms with E-state index in [0.717, 1.165) is 35.6 Å². The Kier molecular flexibility index (Phi) is 3.98. The number of rotatable bonds is 7. The van der Waals surface area contributed by atoms with Crippen LogP contribution >= 0.6 is 23.4 Å².